The molecule has 0 saturated carbocycles. The van der Waals surface area contributed by atoms with Crippen molar-refractivity contribution in [3.05, 3.63) is 41.7 Å². The first-order valence-electron chi connectivity index (χ1n) is 7.02. The molecule has 2 aromatic heterocycles. The smallest absolute Gasteiger partial charge is 0.239 e. The van der Waals surface area contributed by atoms with Crippen LogP contribution in [0.1, 0.15) is 25.2 Å². The van der Waals surface area contributed by atoms with Gasteiger partial charge in [0.25, 0.3) is 0 Å². The van der Waals surface area contributed by atoms with Gasteiger partial charge in [-0.2, -0.15) is 4.98 Å². The van der Waals surface area contributed by atoms with Crippen LogP contribution in [0, 0.1) is 6.92 Å². The number of nitrogens with two attached hydrogens (primary N) is 1. The molecule has 5 nitrogen and oxygen atoms in total. The molecule has 0 saturated heterocycles. The van der Waals surface area contributed by atoms with Gasteiger partial charge in [0.05, 0.1) is 24.0 Å². The van der Waals surface area contributed by atoms with Gasteiger partial charge in [0.15, 0.2) is 0 Å². The number of pyridine rings is 2. The molecule has 0 aliphatic carbocycles. The fourth-order valence-electron chi connectivity index (χ4n) is 1.98. The van der Waals surface area contributed by atoms with Crippen molar-refractivity contribution in [1.82, 2.24) is 9.97 Å². The molecule has 2 aromatic rings. The van der Waals surface area contributed by atoms with Gasteiger partial charge in [-0.3, -0.25) is 4.98 Å². The number of nitrogen functional groups attached to an aromatic ring is 1. The molecule has 2 N–H and O–H groups in total. The third kappa shape index (κ3) is 4.08. The lowest BCUT2D eigenvalue weighted by Crippen LogP contribution is -2.19. The van der Waals surface area contributed by atoms with Crippen LogP contribution in [0.5, 0.6) is 5.88 Å². The maximum absolute atomic E-state index is 5.89. The van der Waals surface area contributed by atoms with Crippen LogP contribution in [0.2, 0.25) is 0 Å². The highest BCUT2D eigenvalue weighted by molar-refractivity contribution is 5.54. The number of hydrogen-bond acceptors (Lipinski definition) is 5. The summed E-state index contributed by atoms with van der Waals surface area (Å²) in [6.45, 7) is 6.57. The minimum atomic E-state index is 0.0406. The maximum atomic E-state index is 5.89. The zero-order valence-electron chi connectivity index (χ0n) is 13.0. The molecule has 0 radical (unpaired) electrons. The van der Waals surface area contributed by atoms with Crippen molar-refractivity contribution in [2.75, 3.05) is 17.7 Å². The molecule has 2 heterocycles. The summed E-state index contributed by atoms with van der Waals surface area (Å²) < 4.78 is 5.63. The number of aromatic nitrogens is 2. The lowest BCUT2D eigenvalue weighted by Gasteiger charge is -2.20. The van der Waals surface area contributed by atoms with Crippen LogP contribution < -0.4 is 15.4 Å². The van der Waals surface area contributed by atoms with Gasteiger partial charge in [0.1, 0.15) is 5.82 Å². The van der Waals surface area contributed by atoms with Crippen molar-refractivity contribution >= 4 is 11.5 Å². The molecule has 0 atom stereocenters. The van der Waals surface area contributed by atoms with E-state index in [1.165, 1.54) is 0 Å². The average molecular weight is 286 g/mol. The first-order chi connectivity index (χ1) is 9.95. The maximum Gasteiger partial charge on any atom is 0.239 e. The third-order valence-electron chi connectivity index (χ3n) is 2.96. The number of hydrogen-bond donors (Lipinski definition) is 1. The monoisotopic (exact) mass is 286 g/mol. The summed E-state index contributed by atoms with van der Waals surface area (Å²) in [6, 6.07) is 9.71. The van der Waals surface area contributed by atoms with Gasteiger partial charge in [-0.1, -0.05) is 6.07 Å². The predicted octanol–water partition coefficient (Wildman–Crippen LogP) is 2.79. The number of anilines is 2. The predicted molar refractivity (Wildman–Crippen MR) is 85.5 cm³/mol. The third-order valence-corrected chi connectivity index (χ3v) is 2.96. The van der Waals surface area contributed by atoms with Crippen LogP contribution in [0.25, 0.3) is 0 Å². The average Bonchev–Trinajstić information content (AvgIpc) is 2.40. The highest BCUT2D eigenvalue weighted by Crippen LogP contribution is 2.24. The molecule has 0 bridgehead atoms. The fourth-order valence-corrected chi connectivity index (χ4v) is 1.98. The Morgan fingerprint density at radius 2 is 1.95 bits per heavy atom. The first-order valence-corrected chi connectivity index (χ1v) is 7.02. The van der Waals surface area contributed by atoms with Gasteiger partial charge >= 0.3 is 0 Å². The summed E-state index contributed by atoms with van der Waals surface area (Å²) in [5, 5.41) is 0. The highest BCUT2D eigenvalue weighted by atomic mass is 16.5. The van der Waals surface area contributed by atoms with Gasteiger partial charge in [-0.15, -0.1) is 0 Å². The van der Waals surface area contributed by atoms with Gasteiger partial charge in [0.2, 0.25) is 5.88 Å². The van der Waals surface area contributed by atoms with Crippen molar-refractivity contribution in [3.63, 3.8) is 0 Å². The molecular weight excluding hydrogens is 264 g/mol. The van der Waals surface area contributed by atoms with Gasteiger partial charge < -0.3 is 15.4 Å². The Bertz CT molecular complexity index is 613. The Hall–Kier alpha value is -2.30. The molecule has 0 amide bonds. The van der Waals surface area contributed by atoms with Crippen molar-refractivity contribution in [2.24, 2.45) is 0 Å². The molecule has 2 rings (SSSR count). The second-order valence-electron chi connectivity index (χ2n) is 5.36. The Kier molecular flexibility index (Phi) is 4.62. The van der Waals surface area contributed by atoms with E-state index in [9.17, 15) is 0 Å². The van der Waals surface area contributed by atoms with E-state index >= 15 is 0 Å². The van der Waals surface area contributed by atoms with Crippen molar-refractivity contribution in [1.29, 1.82) is 0 Å². The standard InChI is InChI=1S/C16H22N4O/c1-11(2)21-16-14(17)8-9-15(19-16)20(4)10-13-7-5-6-12(3)18-13/h5-9,11H,10,17H2,1-4H3. The molecule has 0 aliphatic rings. The lowest BCUT2D eigenvalue weighted by molar-refractivity contribution is 0.234. The first kappa shape index (κ1) is 15.1. The van der Waals surface area contributed by atoms with E-state index in [-0.39, 0.29) is 6.10 Å². The van der Waals surface area contributed by atoms with E-state index < -0.39 is 0 Å². The van der Waals surface area contributed by atoms with Crippen LogP contribution >= 0.6 is 0 Å². The second kappa shape index (κ2) is 6.43. The van der Waals surface area contributed by atoms with E-state index in [1.807, 2.05) is 63.1 Å². The van der Waals surface area contributed by atoms with Gasteiger partial charge in [-0.25, -0.2) is 0 Å². The zero-order chi connectivity index (χ0) is 15.4. The summed E-state index contributed by atoms with van der Waals surface area (Å²) >= 11 is 0. The number of aryl methyl sites for hydroxylation is 1. The van der Waals surface area contributed by atoms with E-state index in [4.69, 9.17) is 10.5 Å². The molecule has 5 heteroatoms. The van der Waals surface area contributed by atoms with Crippen LogP contribution in [0.3, 0.4) is 0 Å². The highest BCUT2D eigenvalue weighted by Gasteiger charge is 2.10. The Morgan fingerprint density at radius 3 is 2.62 bits per heavy atom. The summed E-state index contributed by atoms with van der Waals surface area (Å²) in [7, 11) is 1.97. The summed E-state index contributed by atoms with van der Waals surface area (Å²) in [5.41, 5.74) is 8.45. The van der Waals surface area contributed by atoms with Crippen molar-refractivity contribution in [3.8, 4) is 5.88 Å². The summed E-state index contributed by atoms with van der Waals surface area (Å²) in [6.07, 6.45) is 0.0406. The van der Waals surface area contributed by atoms with Crippen LogP contribution in [0.15, 0.2) is 30.3 Å². The topological polar surface area (TPSA) is 64.3 Å². The number of rotatable bonds is 5. The number of ether oxygens (including phenoxy) is 1. The van der Waals surface area contributed by atoms with E-state index in [0.717, 1.165) is 17.2 Å². The van der Waals surface area contributed by atoms with Crippen molar-refractivity contribution in [2.45, 2.75) is 33.4 Å². The lowest BCUT2D eigenvalue weighted by atomic mass is 10.3. The molecule has 0 unspecified atom stereocenters. The Morgan fingerprint density at radius 1 is 1.19 bits per heavy atom. The molecule has 21 heavy (non-hydrogen) atoms. The van der Waals surface area contributed by atoms with E-state index in [0.29, 0.717) is 18.1 Å². The van der Waals surface area contributed by atoms with E-state index in [2.05, 4.69) is 9.97 Å². The van der Waals surface area contributed by atoms with E-state index in [1.54, 1.807) is 0 Å². The quantitative estimate of drug-likeness (QED) is 0.915. The van der Waals surface area contributed by atoms with Crippen LogP contribution in [0.4, 0.5) is 11.5 Å². The molecule has 0 spiro atoms. The minimum absolute atomic E-state index is 0.0406. The molecule has 0 aromatic carbocycles. The van der Waals surface area contributed by atoms with Crippen molar-refractivity contribution < 1.29 is 4.74 Å². The normalized spacial score (nSPS) is 10.7. The zero-order valence-corrected chi connectivity index (χ0v) is 13.0. The summed E-state index contributed by atoms with van der Waals surface area (Å²) in [4.78, 5) is 11.0. The second-order valence-corrected chi connectivity index (χ2v) is 5.36. The molecular formula is C16H22N4O. The molecule has 112 valence electrons. The van der Waals surface area contributed by atoms with Crippen LogP contribution in [-0.2, 0) is 6.54 Å². The fraction of sp³-hybridized carbons (Fsp3) is 0.375. The summed E-state index contributed by atoms with van der Waals surface area (Å²) in [5.74, 6) is 1.29. The molecule has 0 fully saturated rings. The van der Waals surface area contributed by atoms with Gasteiger partial charge in [0, 0.05) is 12.7 Å². The van der Waals surface area contributed by atoms with Crippen LogP contribution in [-0.4, -0.2) is 23.1 Å². The number of nitrogens with zero attached hydrogens (tertiary/aromatic N) is 3. The Balaban J connectivity index is 2.17. The largest absolute Gasteiger partial charge is 0.473 e. The minimum Gasteiger partial charge on any atom is -0.473 e. The molecule has 0 aliphatic heterocycles. The Labute approximate surface area is 125 Å². The van der Waals surface area contributed by atoms with Gasteiger partial charge in [-0.05, 0) is 45.0 Å². The SMILES string of the molecule is Cc1cccc(CN(C)c2ccc(N)c(OC(C)C)n2)n1.